The number of hydrogen-bond donors (Lipinski definition) is 1. The van der Waals surface area contributed by atoms with E-state index in [1.54, 1.807) is 0 Å². The molecule has 1 N–H and O–H groups in total. The van der Waals surface area contributed by atoms with Gasteiger partial charge in [-0.15, -0.1) is 6.58 Å². The van der Waals surface area contributed by atoms with Crippen LogP contribution in [-0.2, 0) is 4.79 Å². The molecule has 2 nitrogen and oxygen atoms in total. The van der Waals surface area contributed by atoms with Gasteiger partial charge in [0.2, 0.25) is 5.91 Å². The minimum absolute atomic E-state index is 0.221. The van der Waals surface area contributed by atoms with Crippen molar-refractivity contribution < 1.29 is 4.79 Å². The van der Waals surface area contributed by atoms with Crippen molar-refractivity contribution in [2.24, 2.45) is 11.8 Å². The second-order valence-electron chi connectivity index (χ2n) is 3.23. The van der Waals surface area contributed by atoms with Crippen LogP contribution in [0, 0.1) is 11.8 Å². The zero-order chi connectivity index (χ0) is 8.27. The van der Waals surface area contributed by atoms with Crippen LogP contribution in [0.5, 0.6) is 0 Å². The standard InChI is InChI=1S/C9H15NO/c1-3-7(2)6-8-4-5-10-9(8)11/h3,7-8H,1,4-6H2,2H3,(H,10,11)/t7-,8+/m1/s1. The fourth-order valence-electron chi connectivity index (χ4n) is 1.41. The van der Waals surface area contributed by atoms with Crippen molar-refractivity contribution >= 4 is 5.91 Å². The Hall–Kier alpha value is -0.790. The van der Waals surface area contributed by atoms with E-state index in [0.29, 0.717) is 5.92 Å². The summed E-state index contributed by atoms with van der Waals surface area (Å²) in [5, 5.41) is 2.83. The highest BCUT2D eigenvalue weighted by Gasteiger charge is 2.24. The largest absolute Gasteiger partial charge is 0.356 e. The van der Waals surface area contributed by atoms with Gasteiger partial charge in [0, 0.05) is 12.5 Å². The van der Waals surface area contributed by atoms with E-state index in [9.17, 15) is 4.79 Å². The van der Waals surface area contributed by atoms with E-state index < -0.39 is 0 Å². The summed E-state index contributed by atoms with van der Waals surface area (Å²) in [6.45, 7) is 6.65. The third kappa shape index (κ3) is 2.07. The Labute approximate surface area is 67.7 Å². The van der Waals surface area contributed by atoms with Crippen molar-refractivity contribution in [2.75, 3.05) is 6.54 Å². The first-order valence-electron chi connectivity index (χ1n) is 4.14. The van der Waals surface area contributed by atoms with Crippen molar-refractivity contribution in [3.63, 3.8) is 0 Å². The van der Waals surface area contributed by atoms with Crippen LogP contribution in [0.1, 0.15) is 19.8 Å². The van der Waals surface area contributed by atoms with Crippen LogP contribution in [-0.4, -0.2) is 12.5 Å². The molecular formula is C9H15NO. The summed E-state index contributed by atoms with van der Waals surface area (Å²) >= 11 is 0. The zero-order valence-electron chi connectivity index (χ0n) is 6.97. The lowest BCUT2D eigenvalue weighted by Gasteiger charge is -2.09. The quantitative estimate of drug-likeness (QED) is 0.609. The normalized spacial score (nSPS) is 26.3. The van der Waals surface area contributed by atoms with Gasteiger partial charge >= 0.3 is 0 Å². The molecule has 1 heterocycles. The van der Waals surface area contributed by atoms with E-state index >= 15 is 0 Å². The first-order chi connectivity index (χ1) is 5.24. The molecule has 2 heteroatoms. The third-order valence-electron chi connectivity index (χ3n) is 2.22. The number of hydrogen-bond acceptors (Lipinski definition) is 1. The predicted molar refractivity (Wildman–Crippen MR) is 45.1 cm³/mol. The molecular weight excluding hydrogens is 138 g/mol. The number of rotatable bonds is 3. The molecule has 2 atom stereocenters. The highest BCUT2D eigenvalue weighted by Crippen LogP contribution is 2.19. The Morgan fingerprint density at radius 1 is 1.91 bits per heavy atom. The van der Waals surface area contributed by atoms with Crippen LogP contribution in [0.25, 0.3) is 0 Å². The maximum Gasteiger partial charge on any atom is 0.223 e. The Morgan fingerprint density at radius 2 is 2.64 bits per heavy atom. The van der Waals surface area contributed by atoms with Crippen LogP contribution in [0.4, 0.5) is 0 Å². The third-order valence-corrected chi connectivity index (χ3v) is 2.22. The van der Waals surface area contributed by atoms with E-state index in [-0.39, 0.29) is 11.8 Å². The average Bonchev–Trinajstić information content (AvgIpc) is 2.37. The molecule has 0 saturated carbocycles. The van der Waals surface area contributed by atoms with Gasteiger partial charge < -0.3 is 5.32 Å². The van der Waals surface area contributed by atoms with Crippen molar-refractivity contribution in [3.8, 4) is 0 Å². The van der Waals surface area contributed by atoms with Crippen LogP contribution < -0.4 is 5.32 Å². The number of amides is 1. The Morgan fingerprint density at radius 3 is 3.09 bits per heavy atom. The van der Waals surface area contributed by atoms with Gasteiger partial charge in [-0.25, -0.2) is 0 Å². The fourth-order valence-corrected chi connectivity index (χ4v) is 1.41. The molecule has 1 amide bonds. The Kier molecular flexibility index (Phi) is 2.69. The van der Waals surface area contributed by atoms with Gasteiger partial charge in [0.05, 0.1) is 0 Å². The van der Waals surface area contributed by atoms with E-state index in [1.165, 1.54) is 0 Å². The molecule has 11 heavy (non-hydrogen) atoms. The maximum absolute atomic E-state index is 11.1. The SMILES string of the molecule is C=C[C@@H](C)C[C@@H]1CCNC1=O. The first-order valence-corrected chi connectivity index (χ1v) is 4.14. The lowest BCUT2D eigenvalue weighted by molar-refractivity contribution is -0.122. The molecule has 0 aliphatic carbocycles. The maximum atomic E-state index is 11.1. The summed E-state index contributed by atoms with van der Waals surface area (Å²) < 4.78 is 0. The van der Waals surface area contributed by atoms with Gasteiger partial charge in [0.25, 0.3) is 0 Å². The van der Waals surface area contributed by atoms with Crippen LogP contribution in [0.3, 0.4) is 0 Å². The van der Waals surface area contributed by atoms with Gasteiger partial charge in [-0.2, -0.15) is 0 Å². The lowest BCUT2D eigenvalue weighted by Crippen LogP contribution is -2.20. The number of carbonyl (C=O) groups excluding carboxylic acids is 1. The molecule has 1 fully saturated rings. The van der Waals surface area contributed by atoms with E-state index in [1.807, 2.05) is 6.08 Å². The Balaban J connectivity index is 2.36. The van der Waals surface area contributed by atoms with E-state index in [4.69, 9.17) is 0 Å². The molecule has 0 aromatic rings. The van der Waals surface area contributed by atoms with Crippen molar-refractivity contribution in [2.45, 2.75) is 19.8 Å². The summed E-state index contributed by atoms with van der Waals surface area (Å²) in [6.07, 6.45) is 3.86. The van der Waals surface area contributed by atoms with Crippen LogP contribution >= 0.6 is 0 Å². The minimum atomic E-state index is 0.221. The van der Waals surface area contributed by atoms with Gasteiger partial charge in [-0.1, -0.05) is 13.0 Å². The minimum Gasteiger partial charge on any atom is -0.356 e. The summed E-state index contributed by atoms with van der Waals surface area (Å²) in [6, 6.07) is 0. The second kappa shape index (κ2) is 3.56. The van der Waals surface area contributed by atoms with Gasteiger partial charge in [0.1, 0.15) is 0 Å². The number of carbonyl (C=O) groups is 1. The van der Waals surface area contributed by atoms with Crippen molar-refractivity contribution in [1.29, 1.82) is 0 Å². The zero-order valence-corrected chi connectivity index (χ0v) is 6.97. The molecule has 0 bridgehead atoms. The van der Waals surface area contributed by atoms with Crippen LogP contribution in [0.15, 0.2) is 12.7 Å². The van der Waals surface area contributed by atoms with Crippen molar-refractivity contribution in [1.82, 2.24) is 5.32 Å². The highest BCUT2D eigenvalue weighted by atomic mass is 16.2. The molecule has 0 aromatic heterocycles. The molecule has 0 spiro atoms. The Bertz CT molecular complexity index is 165. The highest BCUT2D eigenvalue weighted by molar-refractivity contribution is 5.80. The first kappa shape index (κ1) is 8.31. The smallest absolute Gasteiger partial charge is 0.223 e. The number of allylic oxidation sites excluding steroid dienone is 1. The van der Waals surface area contributed by atoms with Crippen molar-refractivity contribution in [3.05, 3.63) is 12.7 Å². The lowest BCUT2D eigenvalue weighted by atomic mass is 9.95. The predicted octanol–water partition coefficient (Wildman–Crippen LogP) is 1.33. The summed E-state index contributed by atoms with van der Waals surface area (Å²) in [5.41, 5.74) is 0. The molecule has 1 aliphatic heterocycles. The fraction of sp³-hybridized carbons (Fsp3) is 0.667. The average molecular weight is 153 g/mol. The summed E-state index contributed by atoms with van der Waals surface area (Å²) in [5.74, 6) is 0.922. The van der Waals surface area contributed by atoms with E-state index in [0.717, 1.165) is 19.4 Å². The monoisotopic (exact) mass is 153 g/mol. The summed E-state index contributed by atoms with van der Waals surface area (Å²) in [7, 11) is 0. The van der Waals surface area contributed by atoms with Crippen LogP contribution in [0.2, 0.25) is 0 Å². The number of nitrogens with one attached hydrogen (secondary N) is 1. The molecule has 62 valence electrons. The van der Waals surface area contributed by atoms with Gasteiger partial charge in [0.15, 0.2) is 0 Å². The molecule has 1 aliphatic rings. The summed E-state index contributed by atoms with van der Waals surface area (Å²) in [4.78, 5) is 11.1. The topological polar surface area (TPSA) is 29.1 Å². The molecule has 0 radical (unpaired) electrons. The molecule has 0 aromatic carbocycles. The molecule has 1 saturated heterocycles. The second-order valence-corrected chi connectivity index (χ2v) is 3.23. The van der Waals surface area contributed by atoms with E-state index in [2.05, 4.69) is 18.8 Å². The molecule has 1 rings (SSSR count). The van der Waals surface area contributed by atoms with Gasteiger partial charge in [-0.3, -0.25) is 4.79 Å². The van der Waals surface area contributed by atoms with Gasteiger partial charge in [-0.05, 0) is 18.8 Å². The molecule has 0 unspecified atom stereocenters.